The third-order valence-electron chi connectivity index (χ3n) is 3.24. The number of nitrogens with zero attached hydrogens (tertiary/aromatic N) is 4. The number of nitrogens with one attached hydrogen (secondary N) is 1. The average molecular weight is 321 g/mol. The van der Waals surface area contributed by atoms with E-state index in [9.17, 15) is 19.3 Å². The molecule has 23 heavy (non-hydrogen) atoms. The van der Waals surface area contributed by atoms with Crippen LogP contribution < -0.4 is 10.2 Å². The number of hydrogen-bond donors (Lipinski definition) is 1. The number of aryl methyl sites for hydroxylation is 1. The van der Waals surface area contributed by atoms with Crippen LogP contribution in [0.3, 0.4) is 0 Å². The van der Waals surface area contributed by atoms with Gasteiger partial charge in [0.05, 0.1) is 22.5 Å². The van der Waals surface area contributed by atoms with Crippen LogP contribution in [0.5, 0.6) is 0 Å². The molecule has 0 fully saturated rings. The Morgan fingerprint density at radius 1 is 1.52 bits per heavy atom. The van der Waals surface area contributed by atoms with E-state index >= 15 is 0 Å². The fraction of sp³-hybridized carbons (Fsp3) is 0.286. The largest absolute Gasteiger partial charge is 0.372 e. The number of benzene rings is 1. The van der Waals surface area contributed by atoms with Crippen molar-refractivity contribution in [3.63, 3.8) is 0 Å². The van der Waals surface area contributed by atoms with Crippen LogP contribution in [0, 0.1) is 15.9 Å². The van der Waals surface area contributed by atoms with Crippen molar-refractivity contribution in [1.29, 1.82) is 0 Å². The van der Waals surface area contributed by atoms with Gasteiger partial charge in [0.1, 0.15) is 5.82 Å². The van der Waals surface area contributed by atoms with Crippen molar-refractivity contribution in [2.45, 2.75) is 6.42 Å². The molecule has 9 heteroatoms. The highest BCUT2D eigenvalue weighted by molar-refractivity contribution is 5.91. The standard InChI is InChI=1S/C14H16FN5O3/c1-18(11-8-16-19(2)9-11)6-5-14(21)17-13-7-10(20(22)23)3-4-12(13)15/h3-4,7-9H,5-6H2,1-2H3,(H,17,21). The molecule has 1 N–H and O–H groups in total. The number of nitro groups is 1. The van der Waals surface area contributed by atoms with Crippen LogP contribution in [0.15, 0.2) is 30.6 Å². The second-order valence-electron chi connectivity index (χ2n) is 5.01. The van der Waals surface area contributed by atoms with Gasteiger partial charge in [-0.1, -0.05) is 0 Å². The summed E-state index contributed by atoms with van der Waals surface area (Å²) in [4.78, 5) is 23.8. The minimum atomic E-state index is -0.718. The Balaban J connectivity index is 1.94. The maximum atomic E-state index is 13.6. The van der Waals surface area contributed by atoms with Gasteiger partial charge in [0, 0.05) is 45.4 Å². The van der Waals surface area contributed by atoms with E-state index in [-0.39, 0.29) is 17.8 Å². The highest BCUT2D eigenvalue weighted by atomic mass is 19.1. The molecule has 2 rings (SSSR count). The molecule has 0 aliphatic heterocycles. The van der Waals surface area contributed by atoms with Gasteiger partial charge in [-0.15, -0.1) is 0 Å². The van der Waals surface area contributed by atoms with Gasteiger partial charge in [0.25, 0.3) is 5.69 Å². The highest BCUT2D eigenvalue weighted by Crippen LogP contribution is 2.21. The molecule has 1 heterocycles. The van der Waals surface area contributed by atoms with Crippen LogP contribution in [0.2, 0.25) is 0 Å². The minimum absolute atomic E-state index is 0.105. The van der Waals surface area contributed by atoms with Crippen LogP contribution in [-0.4, -0.2) is 34.2 Å². The van der Waals surface area contributed by atoms with E-state index in [2.05, 4.69) is 10.4 Å². The van der Waals surface area contributed by atoms with E-state index in [4.69, 9.17) is 0 Å². The number of carbonyl (C=O) groups is 1. The lowest BCUT2D eigenvalue weighted by Gasteiger charge is -2.16. The first-order valence-electron chi connectivity index (χ1n) is 6.80. The van der Waals surface area contributed by atoms with Crippen LogP contribution in [-0.2, 0) is 11.8 Å². The number of amides is 1. The van der Waals surface area contributed by atoms with Gasteiger partial charge in [-0.05, 0) is 6.07 Å². The predicted octanol–water partition coefficient (Wildman–Crippen LogP) is 1.93. The SMILES string of the molecule is CN(CCC(=O)Nc1cc([N+](=O)[O-])ccc1F)c1cnn(C)c1. The number of hydrogen-bond acceptors (Lipinski definition) is 5. The fourth-order valence-electron chi connectivity index (χ4n) is 1.94. The molecule has 0 saturated carbocycles. The van der Waals surface area contributed by atoms with E-state index in [0.29, 0.717) is 6.54 Å². The first-order chi connectivity index (χ1) is 10.9. The zero-order valence-corrected chi connectivity index (χ0v) is 12.7. The number of non-ortho nitro benzene ring substituents is 1. The molecule has 0 bridgehead atoms. The summed E-state index contributed by atoms with van der Waals surface area (Å²) in [5.41, 5.74) is 0.365. The van der Waals surface area contributed by atoms with Crippen LogP contribution in [0.4, 0.5) is 21.5 Å². The number of anilines is 2. The number of aromatic nitrogens is 2. The molecule has 8 nitrogen and oxygen atoms in total. The molecule has 122 valence electrons. The Bertz CT molecular complexity index is 731. The van der Waals surface area contributed by atoms with Crippen molar-refractivity contribution in [3.05, 3.63) is 46.5 Å². The maximum absolute atomic E-state index is 13.6. The van der Waals surface area contributed by atoms with Crippen molar-refractivity contribution >= 4 is 23.0 Å². The Morgan fingerprint density at radius 2 is 2.26 bits per heavy atom. The lowest BCUT2D eigenvalue weighted by Crippen LogP contribution is -2.24. The molecule has 1 amide bonds. The topological polar surface area (TPSA) is 93.3 Å². The van der Waals surface area contributed by atoms with Gasteiger partial charge in [-0.2, -0.15) is 5.10 Å². The number of rotatable bonds is 6. The Labute approximate surface area is 131 Å². The second kappa shape index (κ2) is 6.86. The monoisotopic (exact) mass is 321 g/mol. The van der Waals surface area contributed by atoms with Crippen molar-refractivity contribution < 1.29 is 14.1 Å². The molecule has 0 aliphatic carbocycles. The summed E-state index contributed by atoms with van der Waals surface area (Å²) < 4.78 is 15.2. The summed E-state index contributed by atoms with van der Waals surface area (Å²) in [5.74, 6) is -1.15. The second-order valence-corrected chi connectivity index (χ2v) is 5.01. The van der Waals surface area contributed by atoms with Gasteiger partial charge in [-0.3, -0.25) is 19.6 Å². The molecule has 0 radical (unpaired) electrons. The van der Waals surface area contributed by atoms with E-state index < -0.39 is 16.6 Å². The number of halogens is 1. The van der Waals surface area contributed by atoms with Gasteiger partial charge < -0.3 is 10.2 Å². The lowest BCUT2D eigenvalue weighted by molar-refractivity contribution is -0.384. The molecule has 1 aromatic carbocycles. The Kier molecular flexibility index (Phi) is 4.89. The smallest absolute Gasteiger partial charge is 0.271 e. The molecular formula is C14H16FN5O3. The van der Waals surface area contributed by atoms with E-state index in [1.54, 1.807) is 31.2 Å². The molecule has 0 atom stereocenters. The maximum Gasteiger partial charge on any atom is 0.271 e. The molecule has 2 aromatic rings. The normalized spacial score (nSPS) is 10.4. The summed E-state index contributed by atoms with van der Waals surface area (Å²) in [5, 5.41) is 17.1. The van der Waals surface area contributed by atoms with Gasteiger partial charge in [0.2, 0.25) is 5.91 Å². The van der Waals surface area contributed by atoms with Crippen LogP contribution in [0.25, 0.3) is 0 Å². The first kappa shape index (κ1) is 16.4. The quantitative estimate of drug-likeness (QED) is 0.648. The van der Waals surface area contributed by atoms with Crippen LogP contribution in [0.1, 0.15) is 6.42 Å². The summed E-state index contributed by atoms with van der Waals surface area (Å²) in [6.07, 6.45) is 3.57. The van der Waals surface area contributed by atoms with E-state index in [1.807, 2.05) is 4.90 Å². The summed E-state index contributed by atoms with van der Waals surface area (Å²) in [6.45, 7) is 0.397. The third-order valence-corrected chi connectivity index (χ3v) is 3.24. The van der Waals surface area contributed by atoms with Crippen molar-refractivity contribution in [3.8, 4) is 0 Å². The van der Waals surface area contributed by atoms with Crippen molar-refractivity contribution in [2.24, 2.45) is 7.05 Å². The number of nitro benzene ring substituents is 1. The number of carbonyl (C=O) groups excluding carboxylic acids is 1. The zero-order chi connectivity index (χ0) is 17.0. The van der Waals surface area contributed by atoms with Gasteiger partial charge in [0.15, 0.2) is 0 Å². The van der Waals surface area contributed by atoms with Gasteiger partial charge >= 0.3 is 0 Å². The summed E-state index contributed by atoms with van der Waals surface area (Å²) in [7, 11) is 3.59. The summed E-state index contributed by atoms with van der Waals surface area (Å²) in [6, 6.07) is 2.99. The van der Waals surface area contributed by atoms with E-state index in [0.717, 1.165) is 23.9 Å². The Morgan fingerprint density at radius 3 is 2.87 bits per heavy atom. The predicted molar refractivity (Wildman–Crippen MR) is 82.8 cm³/mol. The van der Waals surface area contributed by atoms with Crippen molar-refractivity contribution in [1.82, 2.24) is 9.78 Å². The first-order valence-corrected chi connectivity index (χ1v) is 6.80. The average Bonchev–Trinajstić information content (AvgIpc) is 2.93. The summed E-state index contributed by atoms with van der Waals surface area (Å²) >= 11 is 0. The zero-order valence-electron chi connectivity index (χ0n) is 12.7. The van der Waals surface area contributed by atoms with Gasteiger partial charge in [-0.25, -0.2) is 4.39 Å². The highest BCUT2D eigenvalue weighted by Gasteiger charge is 2.14. The molecule has 0 aliphatic rings. The molecule has 0 saturated heterocycles. The van der Waals surface area contributed by atoms with E-state index in [1.165, 1.54) is 0 Å². The molecule has 1 aromatic heterocycles. The third kappa shape index (κ3) is 4.25. The minimum Gasteiger partial charge on any atom is -0.372 e. The Hall–Kier alpha value is -2.97. The molecule has 0 unspecified atom stereocenters. The van der Waals surface area contributed by atoms with Crippen molar-refractivity contribution in [2.75, 3.05) is 23.8 Å². The molecular weight excluding hydrogens is 305 g/mol. The fourth-order valence-corrected chi connectivity index (χ4v) is 1.94. The molecule has 0 spiro atoms. The lowest BCUT2D eigenvalue weighted by atomic mass is 10.2. The van der Waals surface area contributed by atoms with Crippen LogP contribution >= 0.6 is 0 Å².